The van der Waals surface area contributed by atoms with E-state index in [0.717, 1.165) is 10.8 Å². The van der Waals surface area contributed by atoms with E-state index in [1.165, 1.54) is 7.11 Å². The molecule has 2 aromatic carbocycles. The Morgan fingerprint density at radius 3 is 2.12 bits per heavy atom. The normalized spacial score (nSPS) is 10.2. The quantitative estimate of drug-likeness (QED) is 0.313. The third-order valence-corrected chi connectivity index (χ3v) is 4.30. The minimum absolute atomic E-state index is 0.148. The van der Waals surface area contributed by atoms with Crippen LogP contribution in [-0.2, 0) is 19.1 Å². The minimum atomic E-state index is -0.747. The third-order valence-electron chi connectivity index (χ3n) is 3.51. The van der Waals surface area contributed by atoms with E-state index in [1.54, 1.807) is 19.9 Å². The van der Waals surface area contributed by atoms with E-state index in [4.69, 9.17) is 14.2 Å². The van der Waals surface area contributed by atoms with Crippen LogP contribution in [0.3, 0.4) is 0 Å². The van der Waals surface area contributed by atoms with Crippen molar-refractivity contribution in [3.8, 4) is 5.75 Å². The van der Waals surface area contributed by atoms with Crippen molar-refractivity contribution in [1.29, 1.82) is 0 Å². The molecule has 0 aliphatic heterocycles. The molecule has 25 heavy (non-hydrogen) atoms. The zero-order valence-electron chi connectivity index (χ0n) is 14.3. The van der Waals surface area contributed by atoms with Crippen molar-refractivity contribution in [2.75, 3.05) is 20.3 Å². The summed E-state index contributed by atoms with van der Waals surface area (Å²) in [5.74, 6) is -0.970. The first-order valence-electron chi connectivity index (χ1n) is 7.85. The second kappa shape index (κ2) is 8.67. The minimum Gasteiger partial charge on any atom is -0.496 e. The predicted molar refractivity (Wildman–Crippen MR) is 99.6 cm³/mol. The Balaban J connectivity index is 2.77. The number of esters is 2. The molecule has 0 heterocycles. The van der Waals surface area contributed by atoms with Crippen molar-refractivity contribution in [3.63, 3.8) is 0 Å². The molecule has 0 unspecified atom stereocenters. The molecule has 0 aliphatic rings. The molecule has 0 amide bonds. The van der Waals surface area contributed by atoms with Gasteiger partial charge in [-0.25, -0.2) is 9.59 Å². The highest BCUT2D eigenvalue weighted by Gasteiger charge is 2.28. The van der Waals surface area contributed by atoms with Crippen molar-refractivity contribution in [2.24, 2.45) is 0 Å². The highest BCUT2D eigenvalue weighted by molar-refractivity contribution is 9.15. The van der Waals surface area contributed by atoms with Gasteiger partial charge in [-0.1, -0.05) is 30.3 Å². The standard InChI is InChI=1S/C19H19BrO5/c1-4-24-18(21)16(19(22)25-5-2)17(20)15-13-9-7-6-8-12(13)10-11-14(15)23-3/h6-11H,4-5H2,1-3H3. The van der Waals surface area contributed by atoms with Crippen LogP contribution < -0.4 is 4.74 Å². The summed E-state index contributed by atoms with van der Waals surface area (Å²) in [6.45, 7) is 3.64. The van der Waals surface area contributed by atoms with E-state index in [1.807, 2.05) is 30.3 Å². The Kier molecular flexibility index (Phi) is 6.58. The molecule has 0 radical (unpaired) electrons. The third kappa shape index (κ3) is 4.02. The van der Waals surface area contributed by atoms with Gasteiger partial charge < -0.3 is 14.2 Å². The Hall–Kier alpha value is -2.34. The number of ether oxygens (including phenoxy) is 3. The molecule has 0 saturated carbocycles. The van der Waals surface area contributed by atoms with Crippen LogP contribution in [0.4, 0.5) is 0 Å². The second-order valence-electron chi connectivity index (χ2n) is 4.99. The molecular weight excluding hydrogens is 388 g/mol. The van der Waals surface area contributed by atoms with Gasteiger partial charge in [0, 0.05) is 5.56 Å². The van der Waals surface area contributed by atoms with Crippen LogP contribution in [0.2, 0.25) is 0 Å². The molecule has 2 rings (SSSR count). The van der Waals surface area contributed by atoms with Crippen LogP contribution >= 0.6 is 15.9 Å². The monoisotopic (exact) mass is 406 g/mol. The second-order valence-corrected chi connectivity index (χ2v) is 5.79. The fourth-order valence-electron chi connectivity index (χ4n) is 2.44. The van der Waals surface area contributed by atoms with Crippen molar-refractivity contribution >= 4 is 43.1 Å². The maximum atomic E-state index is 12.4. The topological polar surface area (TPSA) is 61.8 Å². The predicted octanol–water partition coefficient (Wildman–Crippen LogP) is 4.08. The van der Waals surface area contributed by atoms with Gasteiger partial charge in [0.05, 0.1) is 24.8 Å². The number of hydrogen-bond donors (Lipinski definition) is 0. The number of fused-ring (bicyclic) bond motifs is 1. The summed E-state index contributed by atoms with van der Waals surface area (Å²) in [4.78, 5) is 24.7. The van der Waals surface area contributed by atoms with Gasteiger partial charge >= 0.3 is 11.9 Å². The highest BCUT2D eigenvalue weighted by atomic mass is 79.9. The zero-order chi connectivity index (χ0) is 18.4. The Morgan fingerprint density at radius 1 is 0.960 bits per heavy atom. The molecule has 0 aliphatic carbocycles. The van der Waals surface area contributed by atoms with Crippen molar-refractivity contribution in [2.45, 2.75) is 13.8 Å². The molecule has 0 fully saturated rings. The van der Waals surface area contributed by atoms with E-state index >= 15 is 0 Å². The van der Waals surface area contributed by atoms with Crippen LogP contribution in [0.1, 0.15) is 19.4 Å². The number of carbonyl (C=O) groups excluding carboxylic acids is 2. The average molecular weight is 407 g/mol. The maximum Gasteiger partial charge on any atom is 0.346 e. The van der Waals surface area contributed by atoms with Crippen molar-refractivity contribution in [3.05, 3.63) is 47.5 Å². The molecule has 0 aromatic heterocycles. The van der Waals surface area contributed by atoms with Crippen LogP contribution in [0.15, 0.2) is 42.0 Å². The van der Waals surface area contributed by atoms with Crippen molar-refractivity contribution < 1.29 is 23.8 Å². The molecule has 6 heteroatoms. The van der Waals surface area contributed by atoms with Gasteiger partial charge in [-0.3, -0.25) is 0 Å². The summed E-state index contributed by atoms with van der Waals surface area (Å²) < 4.78 is 15.8. The van der Waals surface area contributed by atoms with Crippen molar-refractivity contribution in [1.82, 2.24) is 0 Å². The van der Waals surface area contributed by atoms with Gasteiger partial charge in [-0.05, 0) is 46.6 Å². The van der Waals surface area contributed by atoms with Gasteiger partial charge in [0.25, 0.3) is 0 Å². The lowest BCUT2D eigenvalue weighted by Crippen LogP contribution is -2.19. The first kappa shape index (κ1) is 19.0. The van der Waals surface area contributed by atoms with Crippen LogP contribution in [-0.4, -0.2) is 32.3 Å². The summed E-state index contributed by atoms with van der Waals surface area (Å²) >= 11 is 3.40. The molecule has 2 aromatic rings. The van der Waals surface area contributed by atoms with E-state index in [-0.39, 0.29) is 23.3 Å². The zero-order valence-corrected chi connectivity index (χ0v) is 15.9. The molecule has 0 bridgehead atoms. The molecule has 132 valence electrons. The number of methoxy groups -OCH3 is 1. The summed E-state index contributed by atoms with van der Waals surface area (Å²) in [5.41, 5.74) is 0.398. The van der Waals surface area contributed by atoms with Crippen LogP contribution in [0.5, 0.6) is 5.75 Å². The summed E-state index contributed by atoms with van der Waals surface area (Å²) in [7, 11) is 1.53. The van der Waals surface area contributed by atoms with Gasteiger partial charge in [0.15, 0.2) is 5.57 Å². The Labute approximate surface area is 154 Å². The summed E-state index contributed by atoms with van der Waals surface area (Å²) in [6, 6.07) is 11.3. The fraction of sp³-hybridized carbons (Fsp3) is 0.263. The fourth-order valence-corrected chi connectivity index (χ4v) is 3.17. The highest BCUT2D eigenvalue weighted by Crippen LogP contribution is 2.39. The van der Waals surface area contributed by atoms with E-state index in [9.17, 15) is 9.59 Å². The first-order valence-corrected chi connectivity index (χ1v) is 8.64. The van der Waals surface area contributed by atoms with E-state index in [0.29, 0.717) is 11.3 Å². The lowest BCUT2D eigenvalue weighted by Gasteiger charge is -2.14. The lowest BCUT2D eigenvalue weighted by molar-refractivity contribution is -0.146. The Morgan fingerprint density at radius 2 is 1.56 bits per heavy atom. The number of hydrogen-bond acceptors (Lipinski definition) is 5. The lowest BCUT2D eigenvalue weighted by atomic mass is 10.0. The Bertz CT molecular complexity index is 806. The summed E-state index contributed by atoms with van der Waals surface area (Å²) in [5, 5.41) is 1.78. The average Bonchev–Trinajstić information content (AvgIpc) is 2.61. The van der Waals surface area contributed by atoms with Gasteiger partial charge in [-0.2, -0.15) is 0 Å². The van der Waals surface area contributed by atoms with E-state index < -0.39 is 11.9 Å². The number of carbonyl (C=O) groups is 2. The summed E-state index contributed by atoms with van der Waals surface area (Å²) in [6.07, 6.45) is 0. The molecule has 0 spiro atoms. The van der Waals surface area contributed by atoms with Crippen LogP contribution in [0, 0.1) is 0 Å². The molecular formula is C19H19BrO5. The number of halogens is 1. The van der Waals surface area contributed by atoms with Gasteiger partial charge in [-0.15, -0.1) is 0 Å². The van der Waals surface area contributed by atoms with E-state index in [2.05, 4.69) is 15.9 Å². The molecule has 0 saturated heterocycles. The van der Waals surface area contributed by atoms with Gasteiger partial charge in [0.1, 0.15) is 5.75 Å². The molecule has 5 nitrogen and oxygen atoms in total. The smallest absolute Gasteiger partial charge is 0.346 e. The first-order chi connectivity index (χ1) is 12.0. The van der Waals surface area contributed by atoms with Gasteiger partial charge in [0.2, 0.25) is 0 Å². The SMILES string of the molecule is CCOC(=O)C(C(=O)OCC)=C(Br)c1c(OC)ccc2ccccc12. The number of rotatable bonds is 6. The largest absolute Gasteiger partial charge is 0.496 e. The molecule has 0 N–H and O–H groups in total. The molecule has 0 atom stereocenters. The maximum absolute atomic E-state index is 12.4. The van der Waals surface area contributed by atoms with Crippen LogP contribution in [0.25, 0.3) is 15.3 Å². The number of benzene rings is 2.